The van der Waals surface area contributed by atoms with Gasteiger partial charge in [0.25, 0.3) is 0 Å². The van der Waals surface area contributed by atoms with Gasteiger partial charge in [0.15, 0.2) is 0 Å². The van der Waals surface area contributed by atoms with E-state index in [-0.39, 0.29) is 16.7 Å². The molecule has 22 heavy (non-hydrogen) atoms. The van der Waals surface area contributed by atoms with E-state index in [0.717, 1.165) is 16.1 Å². The van der Waals surface area contributed by atoms with Gasteiger partial charge in [-0.05, 0) is 58.7 Å². The smallest absolute Gasteiger partial charge is 0.233 e. The molecule has 118 valence electrons. The van der Waals surface area contributed by atoms with Crippen molar-refractivity contribution in [3.05, 3.63) is 35.4 Å². The molecule has 1 aromatic carbocycles. The van der Waals surface area contributed by atoms with E-state index in [4.69, 9.17) is 4.98 Å². The van der Waals surface area contributed by atoms with Gasteiger partial charge in [-0.2, -0.15) is 0 Å². The van der Waals surface area contributed by atoms with Crippen molar-refractivity contribution < 1.29 is 4.79 Å². The highest BCUT2D eigenvalue weighted by Crippen LogP contribution is 2.28. The van der Waals surface area contributed by atoms with Crippen LogP contribution in [0.3, 0.4) is 0 Å². The molecular weight excluding hydrogens is 292 g/mol. The van der Waals surface area contributed by atoms with Gasteiger partial charge in [-0.3, -0.25) is 4.79 Å². The molecule has 2 rings (SSSR count). The SMILES string of the molecule is Cc1cc(S[C@H](C)C(=O)NC(C)(C)C)nc2c(C)cccc12. The summed E-state index contributed by atoms with van der Waals surface area (Å²) in [6, 6.07) is 8.28. The molecular formula is C18H24N2OS. The van der Waals surface area contributed by atoms with Crippen molar-refractivity contribution >= 4 is 28.6 Å². The molecule has 0 saturated heterocycles. The molecule has 2 aromatic rings. The topological polar surface area (TPSA) is 42.0 Å². The van der Waals surface area contributed by atoms with Gasteiger partial charge >= 0.3 is 0 Å². The number of aryl methyl sites for hydroxylation is 2. The number of hydrogen-bond acceptors (Lipinski definition) is 3. The van der Waals surface area contributed by atoms with Crippen molar-refractivity contribution in [2.75, 3.05) is 0 Å². The maximum atomic E-state index is 12.2. The summed E-state index contributed by atoms with van der Waals surface area (Å²) in [7, 11) is 0. The Morgan fingerprint density at radius 1 is 1.23 bits per heavy atom. The van der Waals surface area contributed by atoms with E-state index in [9.17, 15) is 4.79 Å². The van der Waals surface area contributed by atoms with Crippen LogP contribution in [0, 0.1) is 13.8 Å². The quantitative estimate of drug-likeness (QED) is 0.861. The summed E-state index contributed by atoms with van der Waals surface area (Å²) in [6.45, 7) is 12.1. The minimum atomic E-state index is -0.213. The Balaban J connectivity index is 2.25. The summed E-state index contributed by atoms with van der Waals surface area (Å²) >= 11 is 1.51. The number of para-hydroxylation sites is 1. The fourth-order valence-corrected chi connectivity index (χ4v) is 3.21. The average molecular weight is 316 g/mol. The number of benzene rings is 1. The number of amides is 1. The number of carbonyl (C=O) groups is 1. The van der Waals surface area contributed by atoms with Gasteiger partial charge in [0.05, 0.1) is 15.8 Å². The Labute approximate surface area is 136 Å². The Hall–Kier alpha value is -1.55. The molecule has 0 bridgehead atoms. The number of pyridine rings is 1. The second kappa shape index (κ2) is 6.29. The molecule has 0 aliphatic carbocycles. The van der Waals surface area contributed by atoms with Crippen LogP contribution >= 0.6 is 11.8 Å². The number of rotatable bonds is 3. The molecule has 3 nitrogen and oxygen atoms in total. The van der Waals surface area contributed by atoms with E-state index in [1.807, 2.05) is 27.7 Å². The molecule has 0 aliphatic heterocycles. The summed E-state index contributed by atoms with van der Waals surface area (Å²) in [5.41, 5.74) is 3.16. The van der Waals surface area contributed by atoms with Gasteiger partial charge < -0.3 is 5.32 Å². The first-order valence-electron chi connectivity index (χ1n) is 7.53. The lowest BCUT2D eigenvalue weighted by molar-refractivity contribution is -0.121. The standard InChI is InChI=1S/C18H24N2OS/c1-11-8-7-9-14-12(2)10-15(19-16(11)14)22-13(3)17(21)20-18(4,5)6/h7-10,13H,1-6H3,(H,20,21)/t13-/m1/s1. The van der Waals surface area contributed by atoms with E-state index >= 15 is 0 Å². The van der Waals surface area contributed by atoms with Crippen LogP contribution in [-0.2, 0) is 4.79 Å². The molecule has 0 spiro atoms. The van der Waals surface area contributed by atoms with Gasteiger partial charge in [0.1, 0.15) is 0 Å². The fourth-order valence-electron chi connectivity index (χ4n) is 2.30. The summed E-state index contributed by atoms with van der Waals surface area (Å²) in [5.74, 6) is 0.0434. The normalized spacial score (nSPS) is 13.2. The molecule has 0 aliphatic rings. The summed E-state index contributed by atoms with van der Waals surface area (Å²) < 4.78 is 0. The molecule has 1 heterocycles. The van der Waals surface area contributed by atoms with Crippen molar-refractivity contribution in [2.24, 2.45) is 0 Å². The van der Waals surface area contributed by atoms with Gasteiger partial charge in [-0.1, -0.05) is 30.0 Å². The van der Waals surface area contributed by atoms with Crippen molar-refractivity contribution in [3.63, 3.8) is 0 Å². The van der Waals surface area contributed by atoms with Crippen molar-refractivity contribution in [2.45, 2.75) is 57.4 Å². The minimum Gasteiger partial charge on any atom is -0.351 e. The molecule has 0 radical (unpaired) electrons. The number of nitrogens with one attached hydrogen (secondary N) is 1. The largest absolute Gasteiger partial charge is 0.351 e. The lowest BCUT2D eigenvalue weighted by atomic mass is 10.1. The van der Waals surface area contributed by atoms with Gasteiger partial charge in [0, 0.05) is 10.9 Å². The van der Waals surface area contributed by atoms with Crippen LogP contribution in [-0.4, -0.2) is 21.7 Å². The number of aromatic nitrogens is 1. The van der Waals surface area contributed by atoms with Crippen LogP contribution in [0.5, 0.6) is 0 Å². The highest BCUT2D eigenvalue weighted by Gasteiger charge is 2.20. The van der Waals surface area contributed by atoms with E-state index in [1.54, 1.807) is 0 Å². The van der Waals surface area contributed by atoms with Gasteiger partial charge in [0.2, 0.25) is 5.91 Å². The predicted molar refractivity (Wildman–Crippen MR) is 94.4 cm³/mol. The zero-order chi connectivity index (χ0) is 16.5. The Bertz CT molecular complexity index is 704. The maximum Gasteiger partial charge on any atom is 0.233 e. The molecule has 4 heteroatoms. The maximum absolute atomic E-state index is 12.2. The van der Waals surface area contributed by atoms with E-state index < -0.39 is 0 Å². The number of thioether (sulfide) groups is 1. The Morgan fingerprint density at radius 3 is 2.55 bits per heavy atom. The first-order valence-corrected chi connectivity index (χ1v) is 8.41. The van der Waals surface area contributed by atoms with Crippen molar-refractivity contribution in [1.82, 2.24) is 10.3 Å². The van der Waals surface area contributed by atoms with Gasteiger partial charge in [-0.15, -0.1) is 0 Å². The van der Waals surface area contributed by atoms with Crippen LogP contribution in [0.2, 0.25) is 0 Å². The Kier molecular flexibility index (Phi) is 4.81. The third-order valence-electron chi connectivity index (χ3n) is 3.39. The minimum absolute atomic E-state index is 0.0434. The molecule has 0 unspecified atom stereocenters. The van der Waals surface area contributed by atoms with E-state index in [1.165, 1.54) is 22.7 Å². The van der Waals surface area contributed by atoms with Crippen LogP contribution in [0.1, 0.15) is 38.8 Å². The highest BCUT2D eigenvalue weighted by molar-refractivity contribution is 8.00. The molecule has 1 aromatic heterocycles. The third-order valence-corrected chi connectivity index (χ3v) is 4.41. The molecule has 1 amide bonds. The van der Waals surface area contributed by atoms with Crippen molar-refractivity contribution in [1.29, 1.82) is 0 Å². The molecule has 0 fully saturated rings. The van der Waals surface area contributed by atoms with Crippen LogP contribution < -0.4 is 5.32 Å². The van der Waals surface area contributed by atoms with Gasteiger partial charge in [-0.25, -0.2) is 4.98 Å². The average Bonchev–Trinajstić information content (AvgIpc) is 2.38. The molecule has 1 atom stereocenters. The fraction of sp³-hybridized carbons (Fsp3) is 0.444. The molecule has 1 N–H and O–H groups in total. The van der Waals surface area contributed by atoms with Crippen LogP contribution in [0.25, 0.3) is 10.9 Å². The number of hydrogen-bond donors (Lipinski definition) is 1. The first kappa shape index (κ1) is 16.8. The van der Waals surface area contributed by atoms with Crippen LogP contribution in [0.15, 0.2) is 29.3 Å². The lowest BCUT2D eigenvalue weighted by Crippen LogP contribution is -2.44. The Morgan fingerprint density at radius 2 is 1.91 bits per heavy atom. The highest BCUT2D eigenvalue weighted by atomic mass is 32.2. The lowest BCUT2D eigenvalue weighted by Gasteiger charge is -2.23. The van der Waals surface area contributed by atoms with E-state index in [2.05, 4.69) is 43.4 Å². The summed E-state index contributed by atoms with van der Waals surface area (Å²) in [4.78, 5) is 17.0. The summed E-state index contributed by atoms with van der Waals surface area (Å²) in [5, 5.41) is 4.92. The third kappa shape index (κ3) is 4.01. The monoisotopic (exact) mass is 316 g/mol. The predicted octanol–water partition coefficient (Wildman–Crippen LogP) is 4.25. The zero-order valence-corrected chi connectivity index (χ0v) is 15.0. The number of nitrogens with zero attached hydrogens (tertiary/aromatic N) is 1. The molecule has 0 saturated carbocycles. The second-order valence-corrected chi connectivity index (χ2v) is 8.11. The second-order valence-electron chi connectivity index (χ2n) is 6.75. The zero-order valence-electron chi connectivity index (χ0n) is 14.2. The summed E-state index contributed by atoms with van der Waals surface area (Å²) in [6.07, 6.45) is 0. The number of carbonyl (C=O) groups excluding carboxylic acids is 1. The van der Waals surface area contributed by atoms with Crippen molar-refractivity contribution in [3.8, 4) is 0 Å². The van der Waals surface area contributed by atoms with Crippen LogP contribution in [0.4, 0.5) is 0 Å². The number of fused-ring (bicyclic) bond motifs is 1. The van der Waals surface area contributed by atoms with E-state index in [0.29, 0.717) is 0 Å². The first-order chi connectivity index (χ1) is 10.2.